The van der Waals surface area contributed by atoms with Crippen molar-refractivity contribution in [1.82, 2.24) is 0 Å². The minimum Gasteiger partial charge on any atom is -0.378 e. The molecular formula is C18H18ClF2N3O2. The smallest absolute Gasteiger partial charge is 0.243 e. The summed E-state index contributed by atoms with van der Waals surface area (Å²) in [6.07, 6.45) is 0. The lowest BCUT2D eigenvalue weighted by atomic mass is 10.2. The normalized spacial score (nSPS) is 14.2. The van der Waals surface area contributed by atoms with Crippen LogP contribution in [-0.4, -0.2) is 38.8 Å². The fourth-order valence-electron chi connectivity index (χ4n) is 2.74. The van der Waals surface area contributed by atoms with E-state index in [4.69, 9.17) is 16.3 Å². The number of amides is 1. The highest BCUT2D eigenvalue weighted by molar-refractivity contribution is 6.31. The Morgan fingerprint density at radius 1 is 1.12 bits per heavy atom. The van der Waals surface area contributed by atoms with Crippen molar-refractivity contribution in [3.05, 3.63) is 53.1 Å². The van der Waals surface area contributed by atoms with E-state index in [1.54, 1.807) is 12.1 Å². The molecule has 0 unspecified atom stereocenters. The van der Waals surface area contributed by atoms with Crippen molar-refractivity contribution in [3.8, 4) is 0 Å². The SMILES string of the molecule is O=C(CNc1cc(Cl)ccc1N1CCOCC1)Nc1cc(F)cc(F)c1. The number of ether oxygens (including phenoxy) is 1. The molecule has 138 valence electrons. The first-order valence-corrected chi connectivity index (χ1v) is 8.51. The second-order valence-corrected chi connectivity index (χ2v) is 6.26. The first kappa shape index (κ1) is 18.4. The van der Waals surface area contributed by atoms with Gasteiger partial charge in [0, 0.05) is 29.9 Å². The quantitative estimate of drug-likeness (QED) is 0.832. The van der Waals surface area contributed by atoms with Crippen molar-refractivity contribution in [1.29, 1.82) is 0 Å². The average molecular weight is 382 g/mol. The van der Waals surface area contributed by atoms with E-state index >= 15 is 0 Å². The van der Waals surface area contributed by atoms with Crippen LogP contribution >= 0.6 is 11.6 Å². The predicted octanol–water partition coefficient (Wildman–Crippen LogP) is 3.51. The molecule has 8 heteroatoms. The summed E-state index contributed by atoms with van der Waals surface area (Å²) >= 11 is 6.07. The van der Waals surface area contributed by atoms with Gasteiger partial charge in [-0.2, -0.15) is 0 Å². The Kier molecular flexibility index (Phi) is 5.90. The highest BCUT2D eigenvalue weighted by atomic mass is 35.5. The van der Waals surface area contributed by atoms with Crippen molar-refractivity contribution in [2.75, 3.05) is 48.4 Å². The van der Waals surface area contributed by atoms with Gasteiger partial charge in [-0.05, 0) is 30.3 Å². The zero-order chi connectivity index (χ0) is 18.5. The Balaban J connectivity index is 1.66. The van der Waals surface area contributed by atoms with Gasteiger partial charge in [0.05, 0.1) is 31.1 Å². The molecule has 0 radical (unpaired) electrons. The number of rotatable bonds is 5. The maximum Gasteiger partial charge on any atom is 0.243 e. The van der Waals surface area contributed by atoms with Crippen LogP contribution in [0, 0.1) is 11.6 Å². The third-order valence-corrected chi connectivity index (χ3v) is 4.13. The van der Waals surface area contributed by atoms with Gasteiger partial charge >= 0.3 is 0 Å². The number of anilines is 3. The Bertz CT molecular complexity index is 778. The van der Waals surface area contributed by atoms with E-state index in [-0.39, 0.29) is 12.2 Å². The van der Waals surface area contributed by atoms with E-state index in [0.717, 1.165) is 37.0 Å². The third-order valence-electron chi connectivity index (χ3n) is 3.90. The van der Waals surface area contributed by atoms with Gasteiger partial charge in [0.15, 0.2) is 0 Å². The second-order valence-electron chi connectivity index (χ2n) is 5.82. The van der Waals surface area contributed by atoms with Gasteiger partial charge in [-0.1, -0.05) is 11.6 Å². The molecule has 1 aliphatic heterocycles. The molecule has 1 heterocycles. The zero-order valence-electron chi connectivity index (χ0n) is 13.9. The summed E-state index contributed by atoms with van der Waals surface area (Å²) in [6.45, 7) is 2.67. The molecular weight excluding hydrogens is 364 g/mol. The fraction of sp³-hybridized carbons (Fsp3) is 0.278. The largest absolute Gasteiger partial charge is 0.378 e. The monoisotopic (exact) mass is 381 g/mol. The molecule has 1 saturated heterocycles. The van der Waals surface area contributed by atoms with Gasteiger partial charge in [0.25, 0.3) is 0 Å². The van der Waals surface area contributed by atoms with Crippen LogP contribution in [0.3, 0.4) is 0 Å². The van der Waals surface area contributed by atoms with Gasteiger partial charge in [-0.25, -0.2) is 8.78 Å². The zero-order valence-corrected chi connectivity index (χ0v) is 14.7. The van der Waals surface area contributed by atoms with Crippen molar-refractivity contribution in [2.24, 2.45) is 0 Å². The lowest BCUT2D eigenvalue weighted by Crippen LogP contribution is -2.36. The van der Waals surface area contributed by atoms with Crippen LogP contribution in [0.5, 0.6) is 0 Å². The standard InChI is InChI=1S/C18H18ClF2N3O2/c19-12-1-2-17(24-3-5-26-6-4-24)16(7-12)22-11-18(25)23-15-9-13(20)8-14(21)10-15/h1-2,7-10,22H,3-6,11H2,(H,23,25). The van der Waals surface area contributed by atoms with E-state index in [9.17, 15) is 13.6 Å². The topological polar surface area (TPSA) is 53.6 Å². The molecule has 0 spiro atoms. The Hall–Kier alpha value is -2.38. The van der Waals surface area contributed by atoms with Crippen molar-refractivity contribution < 1.29 is 18.3 Å². The van der Waals surface area contributed by atoms with Gasteiger partial charge in [-0.15, -0.1) is 0 Å². The highest BCUT2D eigenvalue weighted by Crippen LogP contribution is 2.29. The van der Waals surface area contributed by atoms with Gasteiger partial charge < -0.3 is 20.3 Å². The molecule has 0 aromatic heterocycles. The Morgan fingerprint density at radius 2 is 1.81 bits per heavy atom. The van der Waals surface area contributed by atoms with E-state index in [0.29, 0.717) is 23.9 Å². The number of carbonyl (C=O) groups is 1. The number of hydrogen-bond acceptors (Lipinski definition) is 4. The molecule has 3 rings (SSSR count). The number of benzene rings is 2. The number of nitrogens with one attached hydrogen (secondary N) is 2. The lowest BCUT2D eigenvalue weighted by molar-refractivity contribution is -0.114. The molecule has 1 fully saturated rings. The molecule has 0 bridgehead atoms. The summed E-state index contributed by atoms with van der Waals surface area (Å²) in [5.74, 6) is -1.93. The third kappa shape index (κ3) is 4.83. The number of carbonyl (C=O) groups excluding carboxylic acids is 1. The van der Waals surface area contributed by atoms with Gasteiger partial charge in [-0.3, -0.25) is 4.79 Å². The maximum atomic E-state index is 13.2. The van der Waals surface area contributed by atoms with E-state index in [2.05, 4.69) is 15.5 Å². The van der Waals surface area contributed by atoms with Gasteiger partial charge in [0.1, 0.15) is 11.6 Å². The van der Waals surface area contributed by atoms with Crippen LogP contribution < -0.4 is 15.5 Å². The minimum absolute atomic E-state index is 0.0637. The Labute approximate surface area is 154 Å². The first-order valence-electron chi connectivity index (χ1n) is 8.13. The molecule has 5 nitrogen and oxygen atoms in total. The van der Waals surface area contributed by atoms with Crippen LogP contribution in [0.15, 0.2) is 36.4 Å². The predicted molar refractivity (Wildman–Crippen MR) is 98.0 cm³/mol. The van der Waals surface area contributed by atoms with E-state index in [1.807, 2.05) is 6.07 Å². The van der Waals surface area contributed by atoms with Crippen LogP contribution in [0.4, 0.5) is 25.8 Å². The first-order chi connectivity index (χ1) is 12.5. The molecule has 0 aliphatic carbocycles. The van der Waals surface area contributed by atoms with Crippen molar-refractivity contribution in [3.63, 3.8) is 0 Å². The number of hydrogen-bond donors (Lipinski definition) is 2. The van der Waals surface area contributed by atoms with Gasteiger partial charge in [0.2, 0.25) is 5.91 Å². The number of morpholine rings is 1. The number of nitrogens with zero attached hydrogens (tertiary/aromatic N) is 1. The average Bonchev–Trinajstić information content (AvgIpc) is 2.60. The Morgan fingerprint density at radius 3 is 2.50 bits per heavy atom. The van der Waals surface area contributed by atoms with Crippen LogP contribution in [-0.2, 0) is 9.53 Å². The summed E-state index contributed by atoms with van der Waals surface area (Å²) in [6, 6.07) is 8.26. The van der Waals surface area contributed by atoms with Crippen molar-refractivity contribution >= 4 is 34.6 Å². The molecule has 2 aromatic carbocycles. The highest BCUT2D eigenvalue weighted by Gasteiger charge is 2.16. The summed E-state index contributed by atoms with van der Waals surface area (Å²) < 4.78 is 31.7. The summed E-state index contributed by atoms with van der Waals surface area (Å²) in [4.78, 5) is 14.2. The molecule has 2 aromatic rings. The van der Waals surface area contributed by atoms with Crippen LogP contribution in [0.2, 0.25) is 5.02 Å². The molecule has 0 saturated carbocycles. The molecule has 1 aliphatic rings. The minimum atomic E-state index is -0.752. The summed E-state index contributed by atoms with van der Waals surface area (Å²) in [5, 5.41) is 6.03. The van der Waals surface area contributed by atoms with Crippen molar-refractivity contribution in [2.45, 2.75) is 0 Å². The maximum absolute atomic E-state index is 13.2. The summed E-state index contributed by atoms with van der Waals surface area (Å²) in [7, 11) is 0. The lowest BCUT2D eigenvalue weighted by Gasteiger charge is -2.30. The molecule has 0 atom stereocenters. The molecule has 26 heavy (non-hydrogen) atoms. The molecule has 2 N–H and O–H groups in total. The van der Waals surface area contributed by atoms with E-state index in [1.165, 1.54) is 0 Å². The second kappa shape index (κ2) is 8.33. The van der Waals surface area contributed by atoms with Crippen LogP contribution in [0.1, 0.15) is 0 Å². The molecule has 1 amide bonds. The van der Waals surface area contributed by atoms with E-state index < -0.39 is 17.5 Å². The fourth-order valence-corrected chi connectivity index (χ4v) is 2.91. The van der Waals surface area contributed by atoms with Crippen LogP contribution in [0.25, 0.3) is 0 Å². The number of halogens is 3. The summed E-state index contributed by atoms with van der Waals surface area (Å²) in [5.41, 5.74) is 1.69.